The first-order chi connectivity index (χ1) is 6.29. The van der Waals surface area contributed by atoms with Crippen LogP contribution >= 0.6 is 0 Å². The van der Waals surface area contributed by atoms with E-state index in [2.05, 4.69) is 17.6 Å². The molecule has 0 amide bonds. The van der Waals surface area contributed by atoms with Gasteiger partial charge in [0, 0.05) is 11.8 Å². The summed E-state index contributed by atoms with van der Waals surface area (Å²) in [6.45, 7) is 2.04. The molecule has 1 aliphatic carbocycles. The molecular formula is C10H15N3. The Morgan fingerprint density at radius 3 is 3.00 bits per heavy atom. The first-order valence-electron chi connectivity index (χ1n) is 4.22. The lowest BCUT2D eigenvalue weighted by Gasteiger charge is -2.10. The van der Waals surface area contributed by atoms with E-state index < -0.39 is 0 Å². The maximum atomic E-state index is 5.43. The molecule has 0 heterocycles. The van der Waals surface area contributed by atoms with Gasteiger partial charge in [-0.15, -0.1) is 0 Å². The molecule has 0 aliphatic heterocycles. The molecule has 3 nitrogen and oxygen atoms in total. The van der Waals surface area contributed by atoms with Crippen LogP contribution in [0, 0.1) is 0 Å². The maximum Gasteiger partial charge on any atom is 0.0715 e. The van der Waals surface area contributed by atoms with Crippen molar-refractivity contribution >= 4 is 0 Å². The third-order valence-electron chi connectivity index (χ3n) is 2.00. The van der Waals surface area contributed by atoms with Gasteiger partial charge in [0.1, 0.15) is 0 Å². The van der Waals surface area contributed by atoms with Crippen LogP contribution in [-0.4, -0.2) is 0 Å². The SMILES string of the molecule is CC1=CCC=CC=C1/C(=C/N)NN. The zero-order valence-electron chi connectivity index (χ0n) is 7.75. The van der Waals surface area contributed by atoms with E-state index in [1.807, 2.05) is 19.1 Å². The van der Waals surface area contributed by atoms with Crippen LogP contribution in [0.15, 0.2) is 47.3 Å². The number of allylic oxidation sites excluding steroid dienone is 5. The predicted molar refractivity (Wildman–Crippen MR) is 55.2 cm³/mol. The van der Waals surface area contributed by atoms with Gasteiger partial charge in [-0.1, -0.05) is 24.3 Å². The molecule has 0 fully saturated rings. The summed E-state index contributed by atoms with van der Waals surface area (Å²) in [7, 11) is 0. The fraction of sp³-hybridized carbons (Fsp3) is 0.200. The largest absolute Gasteiger partial charge is 0.403 e. The van der Waals surface area contributed by atoms with Crippen LogP contribution in [0.3, 0.4) is 0 Å². The maximum absolute atomic E-state index is 5.43. The molecular weight excluding hydrogens is 162 g/mol. The molecule has 0 aromatic carbocycles. The molecule has 0 aromatic heterocycles. The van der Waals surface area contributed by atoms with Gasteiger partial charge in [-0.05, 0) is 18.9 Å². The first kappa shape index (κ1) is 9.61. The molecule has 5 N–H and O–H groups in total. The van der Waals surface area contributed by atoms with Crippen LogP contribution in [0.2, 0.25) is 0 Å². The van der Waals surface area contributed by atoms with E-state index in [0.29, 0.717) is 0 Å². The summed E-state index contributed by atoms with van der Waals surface area (Å²) in [5.74, 6) is 5.34. The Morgan fingerprint density at radius 2 is 2.38 bits per heavy atom. The molecule has 0 bridgehead atoms. The highest BCUT2D eigenvalue weighted by molar-refractivity contribution is 5.47. The fourth-order valence-electron chi connectivity index (χ4n) is 1.25. The number of nitrogens with two attached hydrogens (primary N) is 2. The Kier molecular flexibility index (Phi) is 3.34. The van der Waals surface area contributed by atoms with Crippen molar-refractivity contribution in [1.82, 2.24) is 5.43 Å². The van der Waals surface area contributed by atoms with Crippen LogP contribution in [0.5, 0.6) is 0 Å². The van der Waals surface area contributed by atoms with E-state index in [-0.39, 0.29) is 0 Å². The Labute approximate surface area is 78.5 Å². The summed E-state index contributed by atoms with van der Waals surface area (Å²) in [6.07, 6.45) is 10.6. The minimum Gasteiger partial charge on any atom is -0.403 e. The number of rotatable bonds is 2. The summed E-state index contributed by atoms with van der Waals surface area (Å²) in [6, 6.07) is 0. The van der Waals surface area contributed by atoms with E-state index in [0.717, 1.165) is 17.7 Å². The molecule has 0 radical (unpaired) electrons. The molecule has 13 heavy (non-hydrogen) atoms. The minimum absolute atomic E-state index is 0.750. The third-order valence-corrected chi connectivity index (χ3v) is 2.00. The average Bonchev–Trinajstić information content (AvgIpc) is 2.34. The Bertz CT molecular complexity index is 295. The molecule has 0 saturated carbocycles. The van der Waals surface area contributed by atoms with Crippen LogP contribution in [0.25, 0.3) is 0 Å². The summed E-state index contributed by atoms with van der Waals surface area (Å²) >= 11 is 0. The summed E-state index contributed by atoms with van der Waals surface area (Å²) in [5, 5.41) is 0. The van der Waals surface area contributed by atoms with Gasteiger partial charge in [0.05, 0.1) is 5.70 Å². The van der Waals surface area contributed by atoms with Crippen LogP contribution in [0.4, 0.5) is 0 Å². The number of hydrogen-bond donors (Lipinski definition) is 3. The molecule has 0 aromatic rings. The normalized spacial score (nSPS) is 17.5. The zero-order valence-corrected chi connectivity index (χ0v) is 7.75. The van der Waals surface area contributed by atoms with Crippen LogP contribution in [0.1, 0.15) is 13.3 Å². The van der Waals surface area contributed by atoms with Gasteiger partial charge in [-0.2, -0.15) is 0 Å². The number of hydrogen-bond acceptors (Lipinski definition) is 3. The molecule has 0 saturated heterocycles. The van der Waals surface area contributed by atoms with Gasteiger partial charge >= 0.3 is 0 Å². The Morgan fingerprint density at radius 1 is 1.62 bits per heavy atom. The lowest BCUT2D eigenvalue weighted by Crippen LogP contribution is -2.23. The molecule has 0 spiro atoms. The fourth-order valence-corrected chi connectivity index (χ4v) is 1.25. The smallest absolute Gasteiger partial charge is 0.0715 e. The van der Waals surface area contributed by atoms with E-state index >= 15 is 0 Å². The first-order valence-corrected chi connectivity index (χ1v) is 4.22. The monoisotopic (exact) mass is 177 g/mol. The second-order valence-electron chi connectivity index (χ2n) is 2.86. The van der Waals surface area contributed by atoms with Crippen molar-refractivity contribution in [2.45, 2.75) is 13.3 Å². The Balaban J connectivity index is 3.00. The van der Waals surface area contributed by atoms with Crippen molar-refractivity contribution in [3.8, 4) is 0 Å². The molecule has 0 atom stereocenters. The third kappa shape index (κ3) is 2.23. The highest BCUT2D eigenvalue weighted by Gasteiger charge is 2.05. The van der Waals surface area contributed by atoms with Crippen molar-refractivity contribution in [1.29, 1.82) is 0 Å². The predicted octanol–water partition coefficient (Wildman–Crippen LogP) is 1.08. The molecule has 1 aliphatic rings. The highest BCUT2D eigenvalue weighted by atomic mass is 15.2. The van der Waals surface area contributed by atoms with Crippen molar-refractivity contribution in [2.24, 2.45) is 11.6 Å². The van der Waals surface area contributed by atoms with Gasteiger partial charge in [-0.3, -0.25) is 5.84 Å². The van der Waals surface area contributed by atoms with Crippen LogP contribution < -0.4 is 17.0 Å². The van der Waals surface area contributed by atoms with Gasteiger partial charge in [0.15, 0.2) is 0 Å². The molecule has 70 valence electrons. The van der Waals surface area contributed by atoms with E-state index in [4.69, 9.17) is 11.6 Å². The lowest BCUT2D eigenvalue weighted by molar-refractivity contribution is 0.892. The summed E-state index contributed by atoms with van der Waals surface area (Å²) < 4.78 is 0. The lowest BCUT2D eigenvalue weighted by atomic mass is 10.0. The van der Waals surface area contributed by atoms with Gasteiger partial charge < -0.3 is 11.2 Å². The average molecular weight is 177 g/mol. The number of nitrogens with one attached hydrogen (secondary N) is 1. The van der Waals surface area contributed by atoms with E-state index in [9.17, 15) is 0 Å². The zero-order chi connectivity index (χ0) is 9.68. The van der Waals surface area contributed by atoms with Crippen molar-refractivity contribution < 1.29 is 0 Å². The standard InChI is InChI=1S/C10H15N3/c1-8-5-3-2-4-6-9(8)10(7-11)13-12/h2,4-7,13H,3,11-12H2,1H3/b10-7-. The van der Waals surface area contributed by atoms with Crippen LogP contribution in [-0.2, 0) is 0 Å². The highest BCUT2D eigenvalue weighted by Crippen LogP contribution is 2.19. The number of hydrazine groups is 1. The Hall–Kier alpha value is -1.48. The summed E-state index contributed by atoms with van der Waals surface area (Å²) in [5.41, 5.74) is 11.0. The van der Waals surface area contributed by atoms with Gasteiger partial charge in [0.2, 0.25) is 0 Å². The van der Waals surface area contributed by atoms with E-state index in [1.165, 1.54) is 11.8 Å². The van der Waals surface area contributed by atoms with Crippen molar-refractivity contribution in [3.05, 3.63) is 47.3 Å². The molecule has 1 rings (SSSR count). The van der Waals surface area contributed by atoms with Gasteiger partial charge in [-0.25, -0.2) is 0 Å². The second-order valence-corrected chi connectivity index (χ2v) is 2.86. The van der Waals surface area contributed by atoms with Crippen molar-refractivity contribution in [2.75, 3.05) is 0 Å². The molecule has 0 unspecified atom stereocenters. The van der Waals surface area contributed by atoms with Crippen molar-refractivity contribution in [3.63, 3.8) is 0 Å². The topological polar surface area (TPSA) is 64.1 Å². The van der Waals surface area contributed by atoms with E-state index in [1.54, 1.807) is 0 Å². The van der Waals surface area contributed by atoms with Gasteiger partial charge in [0.25, 0.3) is 0 Å². The quantitative estimate of drug-likeness (QED) is 0.437. The summed E-state index contributed by atoms with van der Waals surface area (Å²) in [4.78, 5) is 0. The minimum atomic E-state index is 0.750. The molecule has 3 heteroatoms. The second kappa shape index (κ2) is 4.52.